The molecule has 0 spiro atoms. The lowest BCUT2D eigenvalue weighted by molar-refractivity contribution is 0.218. The Hall–Kier alpha value is -1.72. The number of ether oxygens (including phenoxy) is 2. The van der Waals surface area contributed by atoms with Crippen LogP contribution in [-0.2, 0) is 11.8 Å². The van der Waals surface area contributed by atoms with Crippen molar-refractivity contribution in [1.29, 1.82) is 0 Å². The van der Waals surface area contributed by atoms with E-state index in [2.05, 4.69) is 10.1 Å². The lowest BCUT2D eigenvalue weighted by Crippen LogP contribution is -2.13. The van der Waals surface area contributed by atoms with Gasteiger partial charge in [-0.25, -0.2) is 9.67 Å². The first-order valence-corrected chi connectivity index (χ1v) is 4.67. The van der Waals surface area contributed by atoms with Crippen molar-refractivity contribution in [3.05, 3.63) is 11.3 Å². The van der Waals surface area contributed by atoms with Crippen molar-refractivity contribution in [2.45, 2.75) is 13.0 Å². The molecule has 1 atom stereocenters. The van der Waals surface area contributed by atoms with Crippen LogP contribution in [0.4, 0.5) is 0 Å². The van der Waals surface area contributed by atoms with Crippen LogP contribution in [0.3, 0.4) is 0 Å². The Kier molecular flexibility index (Phi) is 2.26. The normalized spacial score (nSPS) is 19.9. The van der Waals surface area contributed by atoms with E-state index in [1.807, 2.05) is 14.0 Å². The van der Waals surface area contributed by atoms with Crippen LogP contribution in [-0.4, -0.2) is 29.5 Å². The van der Waals surface area contributed by atoms with E-state index >= 15 is 0 Å². The minimum atomic E-state index is -0.173. The number of nitrogens with two attached hydrogens (primary N) is 1. The van der Waals surface area contributed by atoms with E-state index < -0.39 is 0 Å². The monoisotopic (exact) mass is 210 g/mol. The molecule has 2 heterocycles. The first kappa shape index (κ1) is 9.82. The molecular weight excluding hydrogens is 196 g/mol. The molecule has 2 N–H and O–H groups in total. The van der Waals surface area contributed by atoms with Gasteiger partial charge in [-0.2, -0.15) is 5.10 Å². The lowest BCUT2D eigenvalue weighted by Gasteiger charge is -2.11. The topological polar surface area (TPSA) is 74.7 Å². The fourth-order valence-electron chi connectivity index (χ4n) is 1.81. The molecule has 0 saturated carbocycles. The van der Waals surface area contributed by atoms with Crippen LogP contribution in [0.5, 0.6) is 5.88 Å². The van der Waals surface area contributed by atoms with E-state index in [4.69, 9.17) is 15.2 Å². The highest BCUT2D eigenvalue weighted by molar-refractivity contribution is 5.73. The summed E-state index contributed by atoms with van der Waals surface area (Å²) in [6.45, 7) is 2.43. The molecule has 0 fully saturated rings. The maximum atomic E-state index is 5.47. The maximum Gasteiger partial charge on any atom is 0.282 e. The van der Waals surface area contributed by atoms with E-state index in [0.29, 0.717) is 12.4 Å². The standard InChI is InChI=1S/C9H14N4O2/c1-5-7(6-4-11-9(10)15-6)8(14-3)13(2)12-5/h6H,4H2,1-3H3,(H2,10,11). The van der Waals surface area contributed by atoms with Crippen molar-refractivity contribution in [1.82, 2.24) is 9.78 Å². The van der Waals surface area contributed by atoms with Gasteiger partial charge in [0.1, 0.15) is 0 Å². The number of aromatic nitrogens is 2. The third kappa shape index (κ3) is 1.51. The van der Waals surface area contributed by atoms with Crippen LogP contribution in [0.25, 0.3) is 0 Å². The van der Waals surface area contributed by atoms with Gasteiger partial charge in [0, 0.05) is 7.05 Å². The van der Waals surface area contributed by atoms with Gasteiger partial charge in [-0.3, -0.25) is 0 Å². The highest BCUT2D eigenvalue weighted by atomic mass is 16.5. The second-order valence-corrected chi connectivity index (χ2v) is 3.42. The number of aliphatic imine (C=N–C) groups is 1. The predicted octanol–water partition coefficient (Wildman–Crippen LogP) is 0.123. The molecule has 1 unspecified atom stereocenters. The summed E-state index contributed by atoms with van der Waals surface area (Å²) in [4.78, 5) is 4.00. The summed E-state index contributed by atoms with van der Waals surface area (Å²) in [7, 11) is 3.44. The molecule has 0 saturated heterocycles. The van der Waals surface area contributed by atoms with Crippen LogP contribution >= 0.6 is 0 Å². The summed E-state index contributed by atoms with van der Waals surface area (Å²) < 4.78 is 12.3. The summed E-state index contributed by atoms with van der Waals surface area (Å²) in [6.07, 6.45) is -0.173. The van der Waals surface area contributed by atoms with Gasteiger partial charge in [0.25, 0.3) is 6.02 Å². The Morgan fingerprint density at radius 3 is 2.87 bits per heavy atom. The fraction of sp³-hybridized carbons (Fsp3) is 0.556. The number of nitrogens with zero attached hydrogens (tertiary/aromatic N) is 3. The Morgan fingerprint density at radius 1 is 1.60 bits per heavy atom. The molecule has 0 aliphatic carbocycles. The smallest absolute Gasteiger partial charge is 0.282 e. The lowest BCUT2D eigenvalue weighted by atomic mass is 10.1. The number of amidine groups is 1. The molecule has 82 valence electrons. The van der Waals surface area contributed by atoms with Crippen molar-refractivity contribution in [2.24, 2.45) is 17.8 Å². The average molecular weight is 210 g/mol. The van der Waals surface area contributed by atoms with Gasteiger partial charge in [-0.05, 0) is 6.92 Å². The minimum Gasteiger partial charge on any atom is -0.481 e. The second-order valence-electron chi connectivity index (χ2n) is 3.42. The highest BCUT2D eigenvalue weighted by Crippen LogP contribution is 2.32. The highest BCUT2D eigenvalue weighted by Gasteiger charge is 2.28. The van der Waals surface area contributed by atoms with Crippen molar-refractivity contribution in [2.75, 3.05) is 13.7 Å². The van der Waals surface area contributed by atoms with Crippen molar-refractivity contribution >= 4 is 6.02 Å². The number of aryl methyl sites for hydroxylation is 2. The summed E-state index contributed by atoms with van der Waals surface area (Å²) in [5.41, 5.74) is 7.27. The van der Waals surface area contributed by atoms with Gasteiger partial charge in [-0.15, -0.1) is 0 Å². The van der Waals surface area contributed by atoms with Gasteiger partial charge in [0.05, 0.1) is 24.9 Å². The first-order valence-electron chi connectivity index (χ1n) is 4.67. The van der Waals surface area contributed by atoms with Crippen molar-refractivity contribution < 1.29 is 9.47 Å². The largest absolute Gasteiger partial charge is 0.481 e. The van der Waals surface area contributed by atoms with E-state index in [1.165, 1.54) is 0 Å². The van der Waals surface area contributed by atoms with Gasteiger partial charge in [-0.1, -0.05) is 0 Å². The quantitative estimate of drug-likeness (QED) is 0.752. The zero-order valence-electron chi connectivity index (χ0n) is 9.02. The van der Waals surface area contributed by atoms with Gasteiger partial charge in [0.15, 0.2) is 6.10 Å². The Labute approximate surface area is 87.7 Å². The Balaban J connectivity index is 2.35. The Morgan fingerprint density at radius 2 is 2.33 bits per heavy atom. The molecule has 0 radical (unpaired) electrons. The molecule has 1 aromatic heterocycles. The summed E-state index contributed by atoms with van der Waals surface area (Å²) in [5, 5.41) is 4.27. The molecule has 1 aliphatic heterocycles. The molecule has 0 amide bonds. The molecule has 0 aromatic carbocycles. The molecule has 6 nitrogen and oxygen atoms in total. The molecule has 1 aromatic rings. The van der Waals surface area contributed by atoms with Crippen molar-refractivity contribution in [3.63, 3.8) is 0 Å². The molecule has 2 rings (SSSR count). The predicted molar refractivity (Wildman–Crippen MR) is 54.8 cm³/mol. The molecule has 15 heavy (non-hydrogen) atoms. The molecule has 6 heteroatoms. The van der Waals surface area contributed by atoms with Crippen LogP contribution in [0.2, 0.25) is 0 Å². The van der Waals surface area contributed by atoms with E-state index in [1.54, 1.807) is 11.8 Å². The van der Waals surface area contributed by atoms with Gasteiger partial charge >= 0.3 is 0 Å². The van der Waals surface area contributed by atoms with Crippen molar-refractivity contribution in [3.8, 4) is 5.88 Å². The minimum absolute atomic E-state index is 0.173. The molecule has 1 aliphatic rings. The van der Waals surface area contributed by atoms with E-state index in [0.717, 1.165) is 11.3 Å². The fourth-order valence-corrected chi connectivity index (χ4v) is 1.81. The van der Waals surface area contributed by atoms with Crippen LogP contribution < -0.4 is 10.5 Å². The third-order valence-corrected chi connectivity index (χ3v) is 2.41. The summed E-state index contributed by atoms with van der Waals surface area (Å²) >= 11 is 0. The molecular formula is C9H14N4O2. The van der Waals surface area contributed by atoms with Gasteiger partial charge < -0.3 is 15.2 Å². The first-order chi connectivity index (χ1) is 7.13. The number of hydrogen-bond donors (Lipinski definition) is 1. The molecule has 0 bridgehead atoms. The van der Waals surface area contributed by atoms with Crippen LogP contribution in [0, 0.1) is 6.92 Å². The zero-order chi connectivity index (χ0) is 11.0. The average Bonchev–Trinajstić information content (AvgIpc) is 2.70. The van der Waals surface area contributed by atoms with E-state index in [9.17, 15) is 0 Å². The number of methoxy groups -OCH3 is 1. The van der Waals surface area contributed by atoms with Crippen LogP contribution in [0.15, 0.2) is 4.99 Å². The number of hydrogen-bond acceptors (Lipinski definition) is 5. The van der Waals surface area contributed by atoms with Crippen LogP contribution in [0.1, 0.15) is 17.4 Å². The van der Waals surface area contributed by atoms with Gasteiger partial charge in [0.2, 0.25) is 5.88 Å². The Bertz CT molecular complexity index is 410. The zero-order valence-corrected chi connectivity index (χ0v) is 9.02. The summed E-state index contributed by atoms with van der Waals surface area (Å²) in [6, 6.07) is 0.227. The SMILES string of the molecule is COc1c(C2CN=C(N)O2)c(C)nn1C. The van der Waals surface area contributed by atoms with E-state index in [-0.39, 0.29) is 12.1 Å². The summed E-state index contributed by atoms with van der Waals surface area (Å²) in [5.74, 6) is 0.697. The third-order valence-electron chi connectivity index (χ3n) is 2.41. The second kappa shape index (κ2) is 3.45. The maximum absolute atomic E-state index is 5.47. The number of rotatable bonds is 2.